The topological polar surface area (TPSA) is 32.3 Å². The number of hydrogen-bond donors (Lipinski definition) is 1. The Bertz CT molecular complexity index is 203. The highest BCUT2D eigenvalue weighted by atomic mass is 16.2. The molecule has 0 radical (unpaired) electrons. The zero-order chi connectivity index (χ0) is 10.7. The van der Waals surface area contributed by atoms with Crippen LogP contribution in [0.1, 0.15) is 40.5 Å². The van der Waals surface area contributed by atoms with Crippen molar-refractivity contribution in [2.24, 2.45) is 5.92 Å². The maximum atomic E-state index is 11.7. The van der Waals surface area contributed by atoms with Crippen LogP contribution in [-0.4, -0.2) is 29.6 Å². The smallest absolute Gasteiger partial charge is 0.240 e. The second-order valence-corrected chi connectivity index (χ2v) is 4.71. The monoisotopic (exact) mass is 198 g/mol. The lowest BCUT2D eigenvalue weighted by molar-refractivity contribution is -0.130. The molecule has 3 heteroatoms. The molecule has 0 aromatic carbocycles. The molecule has 1 saturated heterocycles. The summed E-state index contributed by atoms with van der Waals surface area (Å²) in [6.07, 6.45) is 2.30. The number of nitrogens with zero attached hydrogens (tertiary/aromatic N) is 1. The van der Waals surface area contributed by atoms with Crippen LogP contribution in [0.2, 0.25) is 0 Å². The van der Waals surface area contributed by atoms with E-state index in [1.807, 2.05) is 11.8 Å². The van der Waals surface area contributed by atoms with E-state index in [-0.39, 0.29) is 11.9 Å². The van der Waals surface area contributed by atoms with Gasteiger partial charge in [0, 0.05) is 6.04 Å². The van der Waals surface area contributed by atoms with Gasteiger partial charge in [0.2, 0.25) is 5.91 Å². The largest absolute Gasteiger partial charge is 0.326 e. The maximum Gasteiger partial charge on any atom is 0.240 e. The van der Waals surface area contributed by atoms with E-state index >= 15 is 0 Å². The molecule has 1 rings (SSSR count). The third kappa shape index (κ3) is 2.71. The van der Waals surface area contributed by atoms with Gasteiger partial charge in [-0.05, 0) is 32.6 Å². The highest BCUT2D eigenvalue weighted by molar-refractivity contribution is 5.83. The standard InChI is InChI=1S/C11H22N2O/c1-8(2)5-6-9(3)13-7-12-10(4)11(13)14/h8-10,12H,5-7H2,1-4H3. The zero-order valence-corrected chi connectivity index (χ0v) is 9.71. The predicted octanol–water partition coefficient (Wildman–Crippen LogP) is 1.59. The van der Waals surface area contributed by atoms with E-state index < -0.39 is 0 Å². The van der Waals surface area contributed by atoms with E-state index in [0.717, 1.165) is 19.0 Å². The first-order valence-corrected chi connectivity index (χ1v) is 5.56. The molecule has 2 unspecified atom stereocenters. The first-order chi connectivity index (χ1) is 6.52. The van der Waals surface area contributed by atoms with Crippen LogP contribution in [0, 0.1) is 5.92 Å². The number of nitrogens with one attached hydrogen (secondary N) is 1. The maximum absolute atomic E-state index is 11.7. The van der Waals surface area contributed by atoms with Crippen LogP contribution in [-0.2, 0) is 4.79 Å². The van der Waals surface area contributed by atoms with Gasteiger partial charge in [-0.2, -0.15) is 0 Å². The Morgan fingerprint density at radius 1 is 1.43 bits per heavy atom. The van der Waals surface area contributed by atoms with E-state index in [2.05, 4.69) is 26.1 Å². The molecule has 14 heavy (non-hydrogen) atoms. The Hall–Kier alpha value is -0.570. The summed E-state index contributed by atoms with van der Waals surface area (Å²) in [7, 11) is 0. The van der Waals surface area contributed by atoms with Crippen molar-refractivity contribution in [3.8, 4) is 0 Å². The lowest BCUT2D eigenvalue weighted by Crippen LogP contribution is -2.36. The lowest BCUT2D eigenvalue weighted by Gasteiger charge is -2.24. The highest BCUT2D eigenvalue weighted by Gasteiger charge is 2.30. The number of carbonyl (C=O) groups is 1. The SMILES string of the molecule is CC(C)CCC(C)N1CNC(C)C1=O. The summed E-state index contributed by atoms with van der Waals surface area (Å²) in [4.78, 5) is 13.6. The number of amides is 1. The summed E-state index contributed by atoms with van der Waals surface area (Å²) in [6, 6.07) is 0.388. The molecule has 1 N–H and O–H groups in total. The predicted molar refractivity (Wildman–Crippen MR) is 57.8 cm³/mol. The molecular weight excluding hydrogens is 176 g/mol. The van der Waals surface area contributed by atoms with E-state index in [0.29, 0.717) is 6.04 Å². The fourth-order valence-electron chi connectivity index (χ4n) is 1.75. The summed E-state index contributed by atoms with van der Waals surface area (Å²) < 4.78 is 0. The van der Waals surface area contributed by atoms with Crippen LogP contribution in [0.15, 0.2) is 0 Å². The van der Waals surface area contributed by atoms with Gasteiger partial charge < -0.3 is 4.90 Å². The molecule has 1 aliphatic rings. The fraction of sp³-hybridized carbons (Fsp3) is 0.909. The average molecular weight is 198 g/mol. The number of carbonyl (C=O) groups excluding carboxylic acids is 1. The minimum Gasteiger partial charge on any atom is -0.326 e. The van der Waals surface area contributed by atoms with Crippen molar-refractivity contribution in [2.45, 2.75) is 52.6 Å². The summed E-state index contributed by atoms with van der Waals surface area (Å²) in [6.45, 7) is 9.23. The molecule has 0 bridgehead atoms. The van der Waals surface area contributed by atoms with Crippen LogP contribution in [0.3, 0.4) is 0 Å². The highest BCUT2D eigenvalue weighted by Crippen LogP contribution is 2.14. The molecule has 1 aliphatic heterocycles. The normalized spacial score (nSPS) is 24.8. The lowest BCUT2D eigenvalue weighted by atomic mass is 10.0. The molecule has 1 fully saturated rings. The van der Waals surface area contributed by atoms with Gasteiger partial charge in [0.1, 0.15) is 0 Å². The molecular formula is C11H22N2O. The minimum atomic E-state index is 0.0106. The molecule has 2 atom stereocenters. The van der Waals surface area contributed by atoms with Crippen LogP contribution >= 0.6 is 0 Å². The van der Waals surface area contributed by atoms with Gasteiger partial charge in [-0.25, -0.2) is 0 Å². The molecule has 0 aromatic heterocycles. The number of rotatable bonds is 4. The van der Waals surface area contributed by atoms with Gasteiger partial charge in [0.05, 0.1) is 12.7 Å². The second kappa shape index (κ2) is 4.78. The Morgan fingerprint density at radius 3 is 2.50 bits per heavy atom. The molecule has 0 saturated carbocycles. The third-order valence-electron chi connectivity index (χ3n) is 2.92. The second-order valence-electron chi connectivity index (χ2n) is 4.71. The van der Waals surface area contributed by atoms with Crippen molar-refractivity contribution in [3.05, 3.63) is 0 Å². The quantitative estimate of drug-likeness (QED) is 0.744. The third-order valence-corrected chi connectivity index (χ3v) is 2.92. The molecule has 3 nitrogen and oxygen atoms in total. The van der Waals surface area contributed by atoms with Gasteiger partial charge in [-0.15, -0.1) is 0 Å². The summed E-state index contributed by atoms with van der Waals surface area (Å²) in [5.41, 5.74) is 0. The Kier molecular flexibility index (Phi) is 3.93. The van der Waals surface area contributed by atoms with Gasteiger partial charge in [-0.3, -0.25) is 10.1 Å². The summed E-state index contributed by atoms with van der Waals surface area (Å²) >= 11 is 0. The van der Waals surface area contributed by atoms with Crippen LogP contribution in [0.4, 0.5) is 0 Å². The van der Waals surface area contributed by atoms with Crippen LogP contribution in [0.25, 0.3) is 0 Å². The molecule has 0 aromatic rings. The number of hydrogen-bond acceptors (Lipinski definition) is 2. The minimum absolute atomic E-state index is 0.0106. The van der Waals surface area contributed by atoms with Crippen molar-refractivity contribution in [1.29, 1.82) is 0 Å². The van der Waals surface area contributed by atoms with Crippen molar-refractivity contribution >= 4 is 5.91 Å². The Morgan fingerprint density at radius 2 is 2.07 bits per heavy atom. The fourth-order valence-corrected chi connectivity index (χ4v) is 1.75. The molecule has 1 amide bonds. The van der Waals surface area contributed by atoms with E-state index in [9.17, 15) is 4.79 Å². The summed E-state index contributed by atoms with van der Waals surface area (Å²) in [5.74, 6) is 0.974. The molecule has 82 valence electrons. The van der Waals surface area contributed by atoms with E-state index in [1.54, 1.807) is 0 Å². The van der Waals surface area contributed by atoms with E-state index in [1.165, 1.54) is 6.42 Å². The molecule has 0 spiro atoms. The van der Waals surface area contributed by atoms with Crippen molar-refractivity contribution < 1.29 is 4.79 Å². The first kappa shape index (κ1) is 11.5. The zero-order valence-electron chi connectivity index (χ0n) is 9.71. The first-order valence-electron chi connectivity index (χ1n) is 5.56. The van der Waals surface area contributed by atoms with Crippen molar-refractivity contribution in [2.75, 3.05) is 6.67 Å². The van der Waals surface area contributed by atoms with Gasteiger partial charge >= 0.3 is 0 Å². The van der Waals surface area contributed by atoms with Crippen molar-refractivity contribution in [1.82, 2.24) is 10.2 Å². The van der Waals surface area contributed by atoms with Crippen molar-refractivity contribution in [3.63, 3.8) is 0 Å². The van der Waals surface area contributed by atoms with Crippen LogP contribution < -0.4 is 5.32 Å². The van der Waals surface area contributed by atoms with Crippen LogP contribution in [0.5, 0.6) is 0 Å². The molecule has 1 heterocycles. The van der Waals surface area contributed by atoms with Gasteiger partial charge in [-0.1, -0.05) is 13.8 Å². The molecule has 0 aliphatic carbocycles. The Balaban J connectivity index is 2.37. The average Bonchev–Trinajstić information content (AvgIpc) is 2.44. The van der Waals surface area contributed by atoms with Gasteiger partial charge in [0.25, 0.3) is 0 Å². The summed E-state index contributed by atoms with van der Waals surface area (Å²) in [5, 5.41) is 3.16. The van der Waals surface area contributed by atoms with Gasteiger partial charge in [0.15, 0.2) is 0 Å². The van der Waals surface area contributed by atoms with E-state index in [4.69, 9.17) is 0 Å². The Labute approximate surface area is 86.9 Å².